The number of nitrogens with one attached hydrogen (secondary N) is 1. The number of rotatable bonds is 1. The summed E-state index contributed by atoms with van der Waals surface area (Å²) in [6.45, 7) is 0. The van der Waals surface area contributed by atoms with Crippen LogP contribution in [0.4, 0.5) is 0 Å². The van der Waals surface area contributed by atoms with E-state index in [4.69, 9.17) is 16.7 Å². The van der Waals surface area contributed by atoms with E-state index in [2.05, 4.69) is 0 Å². The van der Waals surface area contributed by atoms with Crippen LogP contribution in [-0.4, -0.2) is 8.42 Å². The third-order valence-corrected chi connectivity index (χ3v) is 2.50. The van der Waals surface area contributed by atoms with Gasteiger partial charge in [-0.3, -0.25) is 0 Å². The molecule has 1 N–H and O–H groups in total. The second-order valence-corrected chi connectivity index (χ2v) is 3.79. The Labute approximate surface area is 119 Å². The third-order valence-electron chi connectivity index (χ3n) is 1.13. The van der Waals surface area contributed by atoms with Gasteiger partial charge in [-0.25, -0.2) is 8.42 Å². The van der Waals surface area contributed by atoms with Crippen LogP contribution in [0.1, 0.15) is 0 Å². The molecule has 0 unspecified atom stereocenters. The molecule has 0 fully saturated rings. The molecule has 6 heteroatoms. The first-order valence-corrected chi connectivity index (χ1v) is 4.62. The second kappa shape index (κ2) is 5.07. The Kier molecular flexibility index (Phi) is 5.51. The van der Waals surface area contributed by atoms with Crippen LogP contribution in [0.15, 0.2) is 29.2 Å². The molecule has 0 atom stereocenters. The van der Waals surface area contributed by atoms with Gasteiger partial charge in [0.05, 0.1) is 9.92 Å². The molecule has 0 saturated heterocycles. The average molecular weight is 230 g/mol. The van der Waals surface area contributed by atoms with Crippen LogP contribution >= 0.6 is 11.6 Å². The first kappa shape index (κ1) is 13.1. The van der Waals surface area contributed by atoms with Gasteiger partial charge in [0.25, 0.3) is 0 Å². The standard InChI is InChI=1S/C6H5ClNO2S.K/c7-5-3-1-2-4-6(5)11(8,9)10;/h1-4H,(H-,8,9,10);/q-1;+1. The Morgan fingerprint density at radius 3 is 2.08 bits per heavy atom. The van der Waals surface area contributed by atoms with Crippen molar-refractivity contribution in [3.63, 3.8) is 0 Å². The summed E-state index contributed by atoms with van der Waals surface area (Å²) in [5.41, 5.74) is 0. The van der Waals surface area contributed by atoms with Crippen molar-refractivity contribution >= 4 is 21.6 Å². The molecule has 0 spiro atoms. The van der Waals surface area contributed by atoms with Gasteiger partial charge in [0.15, 0.2) is 0 Å². The molecule has 0 amide bonds. The molecule has 0 heterocycles. The minimum Gasteiger partial charge on any atom is -0.560 e. The summed E-state index contributed by atoms with van der Waals surface area (Å²) in [5.74, 6) is 0. The molecule has 1 aromatic carbocycles. The van der Waals surface area contributed by atoms with Gasteiger partial charge in [-0.2, -0.15) is 0 Å². The van der Waals surface area contributed by atoms with Crippen LogP contribution in [0.25, 0.3) is 5.14 Å². The zero-order valence-electron chi connectivity index (χ0n) is 6.41. The first-order chi connectivity index (χ1) is 5.02. The predicted molar refractivity (Wildman–Crippen MR) is 43.0 cm³/mol. The normalized spacial score (nSPS) is 10.5. The number of hydrogen-bond acceptors (Lipinski definition) is 2. The molecule has 0 aromatic heterocycles. The third kappa shape index (κ3) is 3.43. The molecule has 0 radical (unpaired) electrons. The Balaban J connectivity index is 0.00000121. The van der Waals surface area contributed by atoms with E-state index >= 15 is 0 Å². The molecular formula is C6H5ClKNO2S. The summed E-state index contributed by atoms with van der Waals surface area (Å²) in [4.78, 5) is -0.151. The topological polar surface area (TPSA) is 57.9 Å². The summed E-state index contributed by atoms with van der Waals surface area (Å²) in [5, 5.41) is 6.79. The van der Waals surface area contributed by atoms with Gasteiger partial charge in [0, 0.05) is 0 Å². The van der Waals surface area contributed by atoms with E-state index in [0.29, 0.717) is 0 Å². The van der Waals surface area contributed by atoms with Crippen molar-refractivity contribution < 1.29 is 59.8 Å². The van der Waals surface area contributed by atoms with Gasteiger partial charge in [-0.05, 0) is 12.1 Å². The van der Waals surface area contributed by atoms with Crippen molar-refractivity contribution in [2.75, 3.05) is 0 Å². The fourth-order valence-electron chi connectivity index (χ4n) is 0.663. The smallest absolute Gasteiger partial charge is 0.560 e. The maximum Gasteiger partial charge on any atom is 1.00 e. The van der Waals surface area contributed by atoms with Crippen molar-refractivity contribution in [1.82, 2.24) is 0 Å². The van der Waals surface area contributed by atoms with Gasteiger partial charge < -0.3 is 5.14 Å². The van der Waals surface area contributed by atoms with Gasteiger partial charge in [0.2, 0.25) is 0 Å². The zero-order chi connectivity index (χ0) is 8.48. The van der Waals surface area contributed by atoms with Crippen LogP contribution in [0.2, 0.25) is 5.02 Å². The molecule has 0 aliphatic carbocycles. The fraction of sp³-hybridized carbons (Fsp3) is 0. The molecule has 0 saturated carbocycles. The van der Waals surface area contributed by atoms with E-state index in [1.165, 1.54) is 18.2 Å². The summed E-state index contributed by atoms with van der Waals surface area (Å²) in [7, 11) is -3.92. The molecule has 1 rings (SSSR count). The Bertz CT molecular complexity index is 366. The number of benzene rings is 1. The van der Waals surface area contributed by atoms with E-state index in [9.17, 15) is 8.42 Å². The van der Waals surface area contributed by atoms with Gasteiger partial charge >= 0.3 is 51.4 Å². The second-order valence-electron chi connectivity index (χ2n) is 1.93. The molecule has 3 nitrogen and oxygen atoms in total. The van der Waals surface area contributed by atoms with Crippen LogP contribution in [0.5, 0.6) is 0 Å². The van der Waals surface area contributed by atoms with Gasteiger partial charge in [0.1, 0.15) is 10.0 Å². The van der Waals surface area contributed by atoms with E-state index < -0.39 is 10.0 Å². The monoisotopic (exact) mass is 229 g/mol. The summed E-state index contributed by atoms with van der Waals surface area (Å²) >= 11 is 5.51. The van der Waals surface area contributed by atoms with Crippen molar-refractivity contribution in [3.8, 4) is 0 Å². The fourth-order valence-corrected chi connectivity index (χ4v) is 1.69. The number of hydrogen-bond donors (Lipinski definition) is 0. The van der Waals surface area contributed by atoms with Crippen LogP contribution < -0.4 is 51.4 Å². The SMILES string of the molecule is [K+].[NH-]S(=O)(=O)c1ccccc1Cl. The molecule has 0 aliphatic heterocycles. The molecule has 60 valence electrons. The minimum absolute atomic E-state index is 0. The van der Waals surface area contributed by atoms with Crippen LogP contribution in [0.3, 0.4) is 0 Å². The zero-order valence-corrected chi connectivity index (χ0v) is 11.1. The molecular weight excluding hydrogens is 225 g/mol. The molecule has 12 heavy (non-hydrogen) atoms. The van der Waals surface area contributed by atoms with E-state index in [0.717, 1.165) is 0 Å². The molecule has 1 aromatic rings. The van der Waals surface area contributed by atoms with E-state index in [1.54, 1.807) is 6.07 Å². The van der Waals surface area contributed by atoms with Crippen molar-refractivity contribution in [2.45, 2.75) is 4.90 Å². The summed E-state index contributed by atoms with van der Waals surface area (Å²) in [6.07, 6.45) is 0. The van der Waals surface area contributed by atoms with Crippen molar-refractivity contribution in [1.29, 1.82) is 0 Å². The number of halogens is 1. The predicted octanol–water partition coefficient (Wildman–Crippen LogP) is -0.915. The van der Waals surface area contributed by atoms with E-state index in [-0.39, 0.29) is 61.3 Å². The quantitative estimate of drug-likeness (QED) is 0.586. The maximum atomic E-state index is 10.6. The van der Waals surface area contributed by atoms with Crippen LogP contribution in [0, 0.1) is 0 Å². The Morgan fingerprint density at radius 2 is 1.75 bits per heavy atom. The molecule has 0 bridgehead atoms. The minimum atomic E-state index is -3.92. The van der Waals surface area contributed by atoms with Crippen molar-refractivity contribution in [3.05, 3.63) is 34.4 Å². The van der Waals surface area contributed by atoms with E-state index in [1.807, 2.05) is 0 Å². The summed E-state index contributed by atoms with van der Waals surface area (Å²) in [6, 6.07) is 5.86. The van der Waals surface area contributed by atoms with Crippen molar-refractivity contribution in [2.24, 2.45) is 0 Å². The van der Waals surface area contributed by atoms with Gasteiger partial charge in [-0.15, -0.1) is 0 Å². The Morgan fingerprint density at radius 1 is 1.25 bits per heavy atom. The van der Waals surface area contributed by atoms with Gasteiger partial charge in [-0.1, -0.05) is 23.7 Å². The van der Waals surface area contributed by atoms with Crippen LogP contribution in [-0.2, 0) is 10.0 Å². The Hall–Kier alpha value is 1.06. The summed E-state index contributed by atoms with van der Waals surface area (Å²) < 4.78 is 21.3. The number of sulfonamides is 1. The average Bonchev–Trinajstić information content (AvgIpc) is 1.86. The largest absolute Gasteiger partial charge is 1.00 e. The molecule has 0 aliphatic rings. The first-order valence-electron chi connectivity index (χ1n) is 2.76. The maximum absolute atomic E-state index is 10.6.